The van der Waals surface area contributed by atoms with Crippen LogP contribution in [0.2, 0.25) is 0 Å². The van der Waals surface area contributed by atoms with Gasteiger partial charge in [-0.2, -0.15) is 0 Å². The minimum atomic E-state index is -1.09. The first kappa shape index (κ1) is 14.5. The molecule has 0 heterocycles. The van der Waals surface area contributed by atoms with Gasteiger partial charge in [0.25, 0.3) is 0 Å². The zero-order chi connectivity index (χ0) is 13.8. The van der Waals surface area contributed by atoms with Crippen LogP contribution < -0.4 is 0 Å². The third-order valence-electron chi connectivity index (χ3n) is 2.79. The second-order valence-corrected chi connectivity index (χ2v) is 5.30. The lowest BCUT2D eigenvalue weighted by molar-refractivity contribution is 0.0243. The van der Waals surface area contributed by atoms with Crippen LogP contribution in [-0.4, -0.2) is 22.9 Å². The molecule has 0 bridgehead atoms. The first-order valence-corrected chi connectivity index (χ1v) is 5.83. The maximum absolute atomic E-state index is 9.97. The molecule has 5 heteroatoms. The van der Waals surface area contributed by atoms with Crippen LogP contribution in [0.3, 0.4) is 0 Å². The summed E-state index contributed by atoms with van der Waals surface area (Å²) < 4.78 is 0. The van der Waals surface area contributed by atoms with Crippen LogP contribution in [0.25, 0.3) is 10.4 Å². The van der Waals surface area contributed by atoms with E-state index in [2.05, 4.69) is 30.8 Å². The van der Waals surface area contributed by atoms with Gasteiger partial charge < -0.3 is 10.2 Å². The predicted octanol–water partition coefficient (Wildman–Crippen LogP) is 2.69. The lowest BCUT2D eigenvalue weighted by atomic mass is 9.85. The highest BCUT2D eigenvalue weighted by molar-refractivity contribution is 5.30. The maximum Gasteiger partial charge on any atom is 0.105 e. The van der Waals surface area contributed by atoms with Gasteiger partial charge >= 0.3 is 0 Å². The molecule has 0 saturated carbocycles. The van der Waals surface area contributed by atoms with Crippen LogP contribution in [0.4, 0.5) is 0 Å². The predicted molar refractivity (Wildman–Crippen MR) is 70.1 cm³/mol. The molecular weight excluding hydrogens is 230 g/mol. The fraction of sp³-hybridized carbons (Fsp3) is 0.538. The molecule has 0 spiro atoms. The average molecular weight is 249 g/mol. The summed E-state index contributed by atoms with van der Waals surface area (Å²) in [5.74, 6) is 0. The Balaban J connectivity index is 2.92. The normalized spacial score (nSPS) is 14.7. The van der Waals surface area contributed by atoms with Crippen molar-refractivity contribution in [3.05, 3.63) is 45.8 Å². The Labute approximate surface area is 107 Å². The van der Waals surface area contributed by atoms with E-state index in [0.29, 0.717) is 5.56 Å². The highest BCUT2D eigenvalue weighted by Crippen LogP contribution is 2.26. The van der Waals surface area contributed by atoms with Crippen LogP contribution in [0.15, 0.2) is 29.4 Å². The molecule has 2 unspecified atom stereocenters. The summed E-state index contributed by atoms with van der Waals surface area (Å²) >= 11 is 0. The Kier molecular flexibility index (Phi) is 4.73. The van der Waals surface area contributed by atoms with Gasteiger partial charge in [-0.1, -0.05) is 50.2 Å². The van der Waals surface area contributed by atoms with Crippen molar-refractivity contribution >= 4 is 0 Å². The van der Waals surface area contributed by atoms with Crippen molar-refractivity contribution in [1.82, 2.24) is 0 Å². The second kappa shape index (κ2) is 5.87. The summed E-state index contributed by atoms with van der Waals surface area (Å²) in [4.78, 5) is 2.56. The summed E-state index contributed by atoms with van der Waals surface area (Å²) in [5, 5.41) is 22.9. The van der Waals surface area contributed by atoms with Gasteiger partial charge in [0.1, 0.15) is 6.10 Å². The van der Waals surface area contributed by atoms with Gasteiger partial charge in [-0.25, -0.2) is 0 Å². The van der Waals surface area contributed by atoms with E-state index in [1.54, 1.807) is 6.07 Å². The average Bonchev–Trinajstić information content (AvgIpc) is 2.34. The number of azide groups is 1. The van der Waals surface area contributed by atoms with Gasteiger partial charge in [-0.15, -0.1) is 0 Å². The molecule has 0 fully saturated rings. The van der Waals surface area contributed by atoms with Gasteiger partial charge in [0.2, 0.25) is 0 Å². The SMILES string of the molecule is CC(C)(C)c1cccc(C(O)C(O)CN=[N+]=[N-])c1. The molecule has 1 aromatic carbocycles. The van der Waals surface area contributed by atoms with Crippen molar-refractivity contribution in [2.75, 3.05) is 6.54 Å². The van der Waals surface area contributed by atoms with E-state index in [0.717, 1.165) is 5.56 Å². The zero-order valence-electron chi connectivity index (χ0n) is 10.9. The number of nitrogens with zero attached hydrogens (tertiary/aromatic N) is 3. The van der Waals surface area contributed by atoms with Gasteiger partial charge in [-0.05, 0) is 22.1 Å². The van der Waals surface area contributed by atoms with Crippen LogP contribution in [0.5, 0.6) is 0 Å². The van der Waals surface area contributed by atoms with Crippen molar-refractivity contribution in [2.45, 2.75) is 38.4 Å². The Morgan fingerprint density at radius 2 is 2.00 bits per heavy atom. The largest absolute Gasteiger partial charge is 0.390 e. The van der Waals surface area contributed by atoms with Crippen LogP contribution >= 0.6 is 0 Å². The molecule has 98 valence electrons. The van der Waals surface area contributed by atoms with Crippen molar-refractivity contribution in [2.24, 2.45) is 5.11 Å². The lowest BCUT2D eigenvalue weighted by Gasteiger charge is -2.22. The highest BCUT2D eigenvalue weighted by Gasteiger charge is 2.20. The molecule has 0 radical (unpaired) electrons. The third kappa shape index (κ3) is 3.74. The first-order valence-electron chi connectivity index (χ1n) is 5.83. The highest BCUT2D eigenvalue weighted by atomic mass is 16.3. The Morgan fingerprint density at radius 1 is 1.33 bits per heavy atom. The van der Waals surface area contributed by atoms with Crippen LogP contribution in [0, 0.1) is 0 Å². The lowest BCUT2D eigenvalue weighted by Crippen LogP contribution is -2.22. The molecule has 0 aliphatic carbocycles. The van der Waals surface area contributed by atoms with Gasteiger partial charge in [0, 0.05) is 4.91 Å². The van der Waals surface area contributed by atoms with E-state index in [1.165, 1.54) is 0 Å². The smallest absolute Gasteiger partial charge is 0.105 e. The van der Waals surface area contributed by atoms with Gasteiger partial charge in [0.05, 0.1) is 12.6 Å². The topological polar surface area (TPSA) is 89.2 Å². The molecule has 1 aromatic rings. The first-order chi connectivity index (χ1) is 8.36. The molecule has 2 atom stereocenters. The van der Waals surface area contributed by atoms with Crippen molar-refractivity contribution in [1.29, 1.82) is 0 Å². The Hall–Kier alpha value is -1.55. The van der Waals surface area contributed by atoms with E-state index >= 15 is 0 Å². The maximum atomic E-state index is 9.97. The van der Waals surface area contributed by atoms with Crippen molar-refractivity contribution < 1.29 is 10.2 Å². The second-order valence-electron chi connectivity index (χ2n) is 5.30. The summed E-state index contributed by atoms with van der Waals surface area (Å²) in [7, 11) is 0. The van der Waals surface area contributed by atoms with E-state index in [4.69, 9.17) is 5.53 Å². The molecule has 5 nitrogen and oxygen atoms in total. The molecule has 18 heavy (non-hydrogen) atoms. The molecule has 0 aliphatic rings. The minimum absolute atomic E-state index is 0.0223. The van der Waals surface area contributed by atoms with Crippen LogP contribution in [0.1, 0.15) is 38.0 Å². The quantitative estimate of drug-likeness (QED) is 0.488. The number of hydrogen-bond donors (Lipinski definition) is 2. The standard InChI is InChI=1S/C13H19N3O2/c1-13(2,3)10-6-4-5-9(7-10)12(18)11(17)8-15-16-14/h4-7,11-12,17-18H,8H2,1-3H3. The Morgan fingerprint density at radius 3 is 2.56 bits per heavy atom. The number of benzene rings is 1. The summed E-state index contributed by atoms with van der Waals surface area (Å²) in [6.45, 7) is 6.09. The van der Waals surface area contributed by atoms with E-state index in [1.807, 2.05) is 18.2 Å². The Bertz CT molecular complexity index is 448. The van der Waals surface area contributed by atoms with Crippen LogP contribution in [-0.2, 0) is 5.41 Å². The molecule has 2 N–H and O–H groups in total. The van der Waals surface area contributed by atoms with Crippen molar-refractivity contribution in [3.63, 3.8) is 0 Å². The fourth-order valence-corrected chi connectivity index (χ4v) is 1.63. The van der Waals surface area contributed by atoms with Gasteiger partial charge in [0.15, 0.2) is 0 Å². The molecular formula is C13H19N3O2. The fourth-order valence-electron chi connectivity index (χ4n) is 1.63. The molecule has 0 saturated heterocycles. The van der Waals surface area contributed by atoms with Crippen molar-refractivity contribution in [3.8, 4) is 0 Å². The molecule has 0 aliphatic heterocycles. The van der Waals surface area contributed by atoms with E-state index in [9.17, 15) is 10.2 Å². The number of aliphatic hydroxyl groups is 2. The molecule has 1 rings (SSSR count). The molecule has 0 aromatic heterocycles. The summed E-state index contributed by atoms with van der Waals surface area (Å²) in [6, 6.07) is 7.44. The summed E-state index contributed by atoms with van der Waals surface area (Å²) in [5.41, 5.74) is 9.87. The van der Waals surface area contributed by atoms with E-state index in [-0.39, 0.29) is 12.0 Å². The number of rotatable bonds is 4. The van der Waals surface area contributed by atoms with E-state index < -0.39 is 12.2 Å². The summed E-state index contributed by atoms with van der Waals surface area (Å²) in [6.07, 6.45) is -2.13. The monoisotopic (exact) mass is 249 g/mol. The zero-order valence-corrected chi connectivity index (χ0v) is 10.9. The minimum Gasteiger partial charge on any atom is -0.390 e. The number of aliphatic hydroxyl groups excluding tert-OH is 2. The number of hydrogen-bond acceptors (Lipinski definition) is 3. The third-order valence-corrected chi connectivity index (χ3v) is 2.79. The van der Waals surface area contributed by atoms with Gasteiger partial charge in [-0.3, -0.25) is 0 Å². The molecule has 0 amide bonds.